The van der Waals surface area contributed by atoms with Crippen molar-refractivity contribution in [1.29, 1.82) is 0 Å². The van der Waals surface area contributed by atoms with Crippen LogP contribution in [0.4, 0.5) is 13.2 Å². The van der Waals surface area contributed by atoms with Gasteiger partial charge in [0.1, 0.15) is 5.75 Å². The van der Waals surface area contributed by atoms with E-state index >= 15 is 0 Å². The van der Waals surface area contributed by atoms with E-state index in [9.17, 15) is 18.0 Å². The van der Waals surface area contributed by atoms with E-state index in [1.807, 2.05) is 0 Å². The maximum absolute atomic E-state index is 12.5. The van der Waals surface area contributed by atoms with E-state index in [1.54, 1.807) is 0 Å². The molecule has 17 heavy (non-hydrogen) atoms. The summed E-state index contributed by atoms with van der Waals surface area (Å²) in [5.74, 6) is -1.53. The zero-order chi connectivity index (χ0) is 12.7. The fourth-order valence-electron chi connectivity index (χ4n) is 1.19. The number of hydrogen-bond donors (Lipinski definition) is 0. The van der Waals surface area contributed by atoms with E-state index in [2.05, 4.69) is 9.47 Å². The Bertz CT molecular complexity index is 454. The molecule has 1 unspecified atom stereocenters. The van der Waals surface area contributed by atoms with Crippen molar-refractivity contribution >= 4 is 17.6 Å². The number of benzene rings is 1. The van der Waals surface area contributed by atoms with Crippen LogP contribution in [-0.2, 0) is 9.53 Å². The molecule has 2 rings (SSSR count). The van der Waals surface area contributed by atoms with Crippen LogP contribution in [0.2, 0.25) is 5.02 Å². The number of rotatable bonds is 2. The van der Waals surface area contributed by atoms with Crippen molar-refractivity contribution in [2.45, 2.75) is 11.8 Å². The Labute approximate surface area is 99.1 Å². The predicted molar refractivity (Wildman–Crippen MR) is 51.8 cm³/mol. The molecule has 0 N–H and O–H groups in total. The molecule has 1 aliphatic rings. The average Bonchev–Trinajstić information content (AvgIpc) is 2.96. The molecular weight excluding hydrogens is 261 g/mol. The molecule has 0 bridgehead atoms. The van der Waals surface area contributed by atoms with Crippen molar-refractivity contribution in [3.8, 4) is 5.75 Å². The normalized spacial score (nSPS) is 23.3. The smallest absolute Gasteiger partial charge is 0.424 e. The third-order valence-electron chi connectivity index (χ3n) is 2.23. The van der Waals surface area contributed by atoms with Crippen LogP contribution in [0.25, 0.3) is 0 Å². The van der Waals surface area contributed by atoms with Crippen molar-refractivity contribution in [3.63, 3.8) is 0 Å². The molecule has 1 aromatic rings. The lowest BCUT2D eigenvalue weighted by molar-refractivity contribution is -0.198. The Morgan fingerprint density at radius 1 is 1.47 bits per heavy atom. The third kappa shape index (κ3) is 2.23. The monoisotopic (exact) mass is 266 g/mol. The number of carbonyl (C=O) groups is 1. The van der Waals surface area contributed by atoms with Crippen molar-refractivity contribution in [3.05, 3.63) is 29.3 Å². The second-order valence-corrected chi connectivity index (χ2v) is 3.90. The summed E-state index contributed by atoms with van der Waals surface area (Å²) in [6, 6.07) is 5.53. The molecule has 1 heterocycles. The van der Waals surface area contributed by atoms with Gasteiger partial charge in [-0.25, -0.2) is 4.79 Å². The lowest BCUT2D eigenvalue weighted by atomic mass is 10.1. The van der Waals surface area contributed by atoms with Gasteiger partial charge >= 0.3 is 12.1 Å². The number of ether oxygens (including phenoxy) is 2. The van der Waals surface area contributed by atoms with Gasteiger partial charge in [0.05, 0.1) is 6.61 Å². The molecule has 1 aliphatic heterocycles. The Morgan fingerprint density at radius 2 is 2.12 bits per heavy atom. The highest BCUT2D eigenvalue weighted by Gasteiger charge is 2.73. The second kappa shape index (κ2) is 3.89. The minimum atomic E-state index is -4.78. The molecule has 0 radical (unpaired) electrons. The molecular formula is C10H6ClF3O3. The van der Waals surface area contributed by atoms with Gasteiger partial charge in [0.25, 0.3) is 5.60 Å². The molecule has 7 heteroatoms. The summed E-state index contributed by atoms with van der Waals surface area (Å²) in [6.45, 7) is -0.712. The minimum absolute atomic E-state index is 0.0541. The van der Waals surface area contributed by atoms with Crippen LogP contribution in [-0.4, -0.2) is 24.4 Å². The van der Waals surface area contributed by atoms with E-state index in [-0.39, 0.29) is 10.8 Å². The summed E-state index contributed by atoms with van der Waals surface area (Å²) in [5, 5.41) is 0.257. The molecule has 0 spiro atoms. The Morgan fingerprint density at radius 3 is 2.59 bits per heavy atom. The van der Waals surface area contributed by atoms with Crippen molar-refractivity contribution in [2.24, 2.45) is 0 Å². The summed E-state index contributed by atoms with van der Waals surface area (Å²) >= 11 is 5.60. The SMILES string of the molecule is O=C(Oc1cccc(Cl)c1)C1(C(F)(F)F)CO1. The number of hydrogen-bond acceptors (Lipinski definition) is 3. The third-order valence-corrected chi connectivity index (χ3v) is 2.46. The first-order chi connectivity index (χ1) is 7.85. The van der Waals surface area contributed by atoms with E-state index in [4.69, 9.17) is 11.6 Å². The van der Waals surface area contributed by atoms with Crippen LogP contribution in [0.15, 0.2) is 24.3 Å². The summed E-state index contributed by atoms with van der Waals surface area (Å²) in [7, 11) is 0. The molecule has 1 saturated heterocycles. The van der Waals surface area contributed by atoms with E-state index in [1.165, 1.54) is 24.3 Å². The summed E-state index contributed by atoms with van der Waals surface area (Å²) in [5.41, 5.74) is -2.81. The quantitative estimate of drug-likeness (QED) is 0.469. The first kappa shape index (κ1) is 12.2. The number of halogens is 4. The van der Waals surface area contributed by atoms with Crippen LogP contribution >= 0.6 is 11.6 Å². The Hall–Kier alpha value is -1.27. The largest absolute Gasteiger partial charge is 0.430 e. The van der Waals surface area contributed by atoms with Crippen LogP contribution in [0.3, 0.4) is 0 Å². The number of epoxide rings is 1. The fourth-order valence-corrected chi connectivity index (χ4v) is 1.37. The second-order valence-electron chi connectivity index (χ2n) is 3.46. The molecule has 0 aromatic heterocycles. The maximum atomic E-state index is 12.5. The maximum Gasteiger partial charge on any atom is 0.430 e. The summed E-state index contributed by atoms with van der Waals surface area (Å²) in [6.07, 6.45) is -4.78. The highest BCUT2D eigenvalue weighted by atomic mass is 35.5. The zero-order valence-corrected chi connectivity index (χ0v) is 9.01. The van der Waals surface area contributed by atoms with Crippen LogP contribution in [0.1, 0.15) is 0 Å². The van der Waals surface area contributed by atoms with E-state index < -0.39 is 24.4 Å². The fraction of sp³-hybridized carbons (Fsp3) is 0.300. The lowest BCUT2D eigenvalue weighted by Gasteiger charge is -2.14. The topological polar surface area (TPSA) is 38.8 Å². The van der Waals surface area contributed by atoms with Gasteiger partial charge in [-0.05, 0) is 18.2 Å². The molecule has 1 atom stereocenters. The Balaban J connectivity index is 2.13. The minimum Gasteiger partial charge on any atom is -0.424 e. The van der Waals surface area contributed by atoms with Gasteiger partial charge in [0.15, 0.2) is 0 Å². The first-order valence-electron chi connectivity index (χ1n) is 4.54. The van der Waals surface area contributed by atoms with Crippen LogP contribution in [0.5, 0.6) is 5.75 Å². The predicted octanol–water partition coefficient (Wildman–Crippen LogP) is 2.58. The number of carbonyl (C=O) groups excluding carboxylic acids is 1. The highest BCUT2D eigenvalue weighted by Crippen LogP contribution is 2.44. The van der Waals surface area contributed by atoms with Gasteiger partial charge in [-0.2, -0.15) is 13.2 Å². The van der Waals surface area contributed by atoms with Gasteiger partial charge < -0.3 is 9.47 Å². The molecule has 1 fully saturated rings. The number of alkyl halides is 3. The van der Waals surface area contributed by atoms with Gasteiger partial charge in [-0.3, -0.25) is 0 Å². The van der Waals surface area contributed by atoms with Gasteiger partial charge in [-0.15, -0.1) is 0 Å². The first-order valence-corrected chi connectivity index (χ1v) is 4.91. The summed E-state index contributed by atoms with van der Waals surface area (Å²) in [4.78, 5) is 11.3. The molecule has 92 valence electrons. The van der Waals surface area contributed by atoms with E-state index in [0.29, 0.717) is 0 Å². The van der Waals surface area contributed by atoms with Crippen molar-refractivity contribution < 1.29 is 27.4 Å². The van der Waals surface area contributed by atoms with Crippen molar-refractivity contribution in [2.75, 3.05) is 6.61 Å². The zero-order valence-electron chi connectivity index (χ0n) is 8.25. The van der Waals surface area contributed by atoms with Gasteiger partial charge in [0, 0.05) is 5.02 Å². The van der Waals surface area contributed by atoms with E-state index in [0.717, 1.165) is 0 Å². The number of esters is 1. The molecule has 0 aliphatic carbocycles. The van der Waals surface area contributed by atoms with Crippen LogP contribution < -0.4 is 4.74 Å². The van der Waals surface area contributed by atoms with Gasteiger partial charge in [-0.1, -0.05) is 17.7 Å². The molecule has 3 nitrogen and oxygen atoms in total. The highest BCUT2D eigenvalue weighted by molar-refractivity contribution is 6.30. The average molecular weight is 267 g/mol. The Kier molecular flexibility index (Phi) is 2.79. The molecule has 0 saturated carbocycles. The van der Waals surface area contributed by atoms with Gasteiger partial charge in [0.2, 0.25) is 0 Å². The van der Waals surface area contributed by atoms with Crippen molar-refractivity contribution in [1.82, 2.24) is 0 Å². The molecule has 1 aromatic carbocycles. The molecule has 0 amide bonds. The lowest BCUT2D eigenvalue weighted by Crippen LogP contribution is -2.43. The standard InChI is InChI=1S/C10H6ClF3O3/c11-6-2-1-3-7(4-6)17-8(15)9(5-16-9)10(12,13)14/h1-4H,5H2. The summed E-state index contributed by atoms with van der Waals surface area (Å²) < 4.78 is 46.2. The van der Waals surface area contributed by atoms with Crippen LogP contribution in [0, 0.1) is 0 Å².